The number of anilines is 2. The largest absolute Gasteiger partial charge is 0.421 e. The minimum atomic E-state index is 0.155. The zero-order valence-corrected chi connectivity index (χ0v) is 11.0. The highest BCUT2D eigenvalue weighted by atomic mass is 16.5. The first kappa shape index (κ1) is 13.0. The van der Waals surface area contributed by atoms with Gasteiger partial charge < -0.3 is 9.64 Å². The summed E-state index contributed by atoms with van der Waals surface area (Å²) in [4.78, 5) is 14.0. The quantitative estimate of drug-likeness (QED) is 0.584. The van der Waals surface area contributed by atoms with Crippen LogP contribution in [-0.2, 0) is 6.54 Å². The molecule has 0 unspecified atom stereocenters. The van der Waals surface area contributed by atoms with E-state index in [1.54, 1.807) is 22.0 Å². The van der Waals surface area contributed by atoms with E-state index in [1.807, 2.05) is 21.0 Å². The van der Waals surface area contributed by atoms with Crippen molar-refractivity contribution in [2.45, 2.75) is 13.5 Å². The fourth-order valence-corrected chi connectivity index (χ4v) is 1.33. The molecule has 9 nitrogen and oxygen atoms in total. The van der Waals surface area contributed by atoms with Gasteiger partial charge >= 0.3 is 6.01 Å². The Bertz CT molecular complexity index is 552. The number of nitrogen functional groups attached to an aromatic ring is 1. The molecule has 102 valence electrons. The van der Waals surface area contributed by atoms with Crippen molar-refractivity contribution in [3.8, 4) is 11.8 Å². The van der Waals surface area contributed by atoms with E-state index in [4.69, 9.17) is 10.6 Å². The molecular formula is C10H16N8O. The number of hydrogen-bond donors (Lipinski definition) is 2. The smallest absolute Gasteiger partial charge is 0.328 e. The zero-order valence-electron chi connectivity index (χ0n) is 11.0. The Kier molecular flexibility index (Phi) is 3.76. The van der Waals surface area contributed by atoms with Gasteiger partial charge in [0.1, 0.15) is 0 Å². The SMILES string of the molecule is CCn1cc(Oc2nc(NN)nc(N(C)C)n2)cn1. The monoisotopic (exact) mass is 264 g/mol. The van der Waals surface area contributed by atoms with E-state index in [0.717, 1.165) is 6.54 Å². The molecule has 19 heavy (non-hydrogen) atoms. The van der Waals surface area contributed by atoms with Crippen molar-refractivity contribution in [3.05, 3.63) is 12.4 Å². The minimum absolute atomic E-state index is 0.155. The number of nitrogens with two attached hydrogens (primary N) is 1. The van der Waals surface area contributed by atoms with Crippen LogP contribution >= 0.6 is 0 Å². The second-order valence-electron chi connectivity index (χ2n) is 3.91. The molecule has 2 rings (SSSR count). The second kappa shape index (κ2) is 5.48. The topological polar surface area (TPSA) is 107 Å². The highest BCUT2D eigenvalue weighted by Gasteiger charge is 2.10. The summed E-state index contributed by atoms with van der Waals surface area (Å²) < 4.78 is 7.27. The molecule has 0 amide bonds. The lowest BCUT2D eigenvalue weighted by Gasteiger charge is -2.11. The summed E-state index contributed by atoms with van der Waals surface area (Å²) in [5, 5.41) is 4.10. The zero-order chi connectivity index (χ0) is 13.8. The second-order valence-corrected chi connectivity index (χ2v) is 3.91. The average molecular weight is 264 g/mol. The van der Waals surface area contributed by atoms with Crippen LogP contribution < -0.4 is 20.9 Å². The van der Waals surface area contributed by atoms with Crippen LogP contribution in [0.3, 0.4) is 0 Å². The molecule has 2 heterocycles. The van der Waals surface area contributed by atoms with Crippen molar-refractivity contribution in [2.24, 2.45) is 5.84 Å². The van der Waals surface area contributed by atoms with Gasteiger partial charge in [-0.3, -0.25) is 10.1 Å². The van der Waals surface area contributed by atoms with Crippen molar-refractivity contribution in [1.82, 2.24) is 24.7 Å². The molecule has 0 bridgehead atoms. The van der Waals surface area contributed by atoms with Gasteiger partial charge in [-0.25, -0.2) is 5.84 Å². The van der Waals surface area contributed by atoms with Crippen LogP contribution in [0.5, 0.6) is 11.8 Å². The Morgan fingerprint density at radius 3 is 2.74 bits per heavy atom. The molecule has 0 saturated heterocycles. The predicted molar refractivity (Wildman–Crippen MR) is 69.9 cm³/mol. The van der Waals surface area contributed by atoms with Crippen LogP contribution in [0.1, 0.15) is 6.92 Å². The van der Waals surface area contributed by atoms with Crippen LogP contribution in [-0.4, -0.2) is 38.8 Å². The van der Waals surface area contributed by atoms with Gasteiger partial charge in [-0.1, -0.05) is 0 Å². The van der Waals surface area contributed by atoms with Gasteiger partial charge in [-0.15, -0.1) is 0 Å². The number of aryl methyl sites for hydroxylation is 1. The first-order valence-corrected chi connectivity index (χ1v) is 5.72. The summed E-state index contributed by atoms with van der Waals surface area (Å²) in [6.07, 6.45) is 3.35. The molecule has 0 radical (unpaired) electrons. The number of hydrazine groups is 1. The molecule has 9 heteroatoms. The van der Waals surface area contributed by atoms with E-state index < -0.39 is 0 Å². The maximum Gasteiger partial charge on any atom is 0.328 e. The summed E-state index contributed by atoms with van der Waals surface area (Å²) >= 11 is 0. The van der Waals surface area contributed by atoms with Crippen LogP contribution in [0.2, 0.25) is 0 Å². The number of hydrogen-bond acceptors (Lipinski definition) is 8. The summed E-state index contributed by atoms with van der Waals surface area (Å²) in [5.41, 5.74) is 2.38. The molecule has 2 aromatic heterocycles. The molecule has 2 aromatic rings. The third kappa shape index (κ3) is 3.07. The van der Waals surface area contributed by atoms with Crippen molar-refractivity contribution in [2.75, 3.05) is 24.4 Å². The van der Waals surface area contributed by atoms with Crippen LogP contribution in [0.25, 0.3) is 0 Å². The number of aromatic nitrogens is 5. The maximum atomic E-state index is 5.53. The third-order valence-electron chi connectivity index (χ3n) is 2.27. The lowest BCUT2D eigenvalue weighted by Crippen LogP contribution is -2.17. The van der Waals surface area contributed by atoms with E-state index in [-0.39, 0.29) is 12.0 Å². The highest BCUT2D eigenvalue weighted by Crippen LogP contribution is 2.19. The number of nitrogens with zero attached hydrogens (tertiary/aromatic N) is 6. The fourth-order valence-electron chi connectivity index (χ4n) is 1.33. The average Bonchev–Trinajstić information content (AvgIpc) is 2.85. The first-order valence-electron chi connectivity index (χ1n) is 5.72. The third-order valence-corrected chi connectivity index (χ3v) is 2.27. The first-order chi connectivity index (χ1) is 9.12. The molecule has 0 aliphatic carbocycles. The van der Waals surface area contributed by atoms with Crippen molar-refractivity contribution in [3.63, 3.8) is 0 Å². The summed E-state index contributed by atoms with van der Waals surface area (Å²) in [5.74, 6) is 6.55. The Hall–Kier alpha value is -2.42. The summed E-state index contributed by atoms with van der Waals surface area (Å²) in [6, 6.07) is 0.155. The molecule has 0 atom stereocenters. The van der Waals surface area contributed by atoms with Gasteiger partial charge in [0.2, 0.25) is 11.9 Å². The van der Waals surface area contributed by atoms with Gasteiger partial charge in [-0.2, -0.15) is 20.1 Å². The van der Waals surface area contributed by atoms with Crippen molar-refractivity contribution in [1.29, 1.82) is 0 Å². The predicted octanol–water partition coefficient (Wildman–Crippen LogP) is 0.232. The Labute approximate surface area is 110 Å². The van der Waals surface area contributed by atoms with E-state index in [0.29, 0.717) is 11.7 Å². The number of nitrogens with one attached hydrogen (secondary N) is 1. The molecule has 0 aromatic carbocycles. The summed E-state index contributed by atoms with van der Waals surface area (Å²) in [6.45, 7) is 2.75. The standard InChI is InChI=1S/C10H16N8O/c1-4-18-6-7(5-12-18)19-10-14-8(16-11)13-9(15-10)17(2)3/h5-6H,4,11H2,1-3H3,(H,13,14,15,16). The molecule has 0 aliphatic rings. The lowest BCUT2D eigenvalue weighted by atomic mass is 10.6. The highest BCUT2D eigenvalue weighted by molar-refractivity contribution is 5.36. The molecule has 0 spiro atoms. The molecule has 3 N–H and O–H groups in total. The van der Waals surface area contributed by atoms with Crippen LogP contribution in [0.4, 0.5) is 11.9 Å². The van der Waals surface area contributed by atoms with E-state index in [9.17, 15) is 0 Å². The minimum Gasteiger partial charge on any atom is -0.421 e. The Balaban J connectivity index is 2.25. The van der Waals surface area contributed by atoms with Gasteiger partial charge in [0.05, 0.1) is 12.4 Å². The lowest BCUT2D eigenvalue weighted by molar-refractivity contribution is 0.439. The normalized spacial score (nSPS) is 10.3. The fraction of sp³-hybridized carbons (Fsp3) is 0.400. The number of ether oxygens (including phenoxy) is 1. The van der Waals surface area contributed by atoms with Gasteiger partial charge in [0.25, 0.3) is 0 Å². The molecule has 0 saturated carbocycles. The summed E-state index contributed by atoms with van der Waals surface area (Å²) in [7, 11) is 3.63. The van der Waals surface area contributed by atoms with E-state index in [1.165, 1.54) is 0 Å². The maximum absolute atomic E-state index is 5.53. The van der Waals surface area contributed by atoms with Crippen LogP contribution in [0.15, 0.2) is 12.4 Å². The van der Waals surface area contributed by atoms with Gasteiger partial charge in [0.15, 0.2) is 5.75 Å². The van der Waals surface area contributed by atoms with E-state index in [2.05, 4.69) is 25.5 Å². The van der Waals surface area contributed by atoms with Gasteiger partial charge in [-0.05, 0) is 6.92 Å². The number of rotatable bonds is 5. The molecular weight excluding hydrogens is 248 g/mol. The molecule has 0 aliphatic heterocycles. The van der Waals surface area contributed by atoms with Crippen molar-refractivity contribution >= 4 is 11.9 Å². The van der Waals surface area contributed by atoms with Crippen LogP contribution in [0, 0.1) is 0 Å². The molecule has 0 fully saturated rings. The van der Waals surface area contributed by atoms with Crippen molar-refractivity contribution < 1.29 is 4.74 Å². The Morgan fingerprint density at radius 2 is 2.16 bits per heavy atom. The van der Waals surface area contributed by atoms with Gasteiger partial charge in [0, 0.05) is 20.6 Å². The van der Waals surface area contributed by atoms with E-state index >= 15 is 0 Å². The Morgan fingerprint density at radius 1 is 1.37 bits per heavy atom.